The van der Waals surface area contributed by atoms with E-state index in [1.807, 2.05) is 6.07 Å². The van der Waals surface area contributed by atoms with Crippen LogP contribution >= 0.6 is 15.9 Å². The highest BCUT2D eigenvalue weighted by Crippen LogP contribution is 2.36. The summed E-state index contributed by atoms with van der Waals surface area (Å²) < 4.78 is 5.52. The van der Waals surface area contributed by atoms with Crippen LogP contribution in [0.5, 0.6) is 0 Å². The summed E-state index contributed by atoms with van der Waals surface area (Å²) in [5.41, 5.74) is 2.24. The van der Waals surface area contributed by atoms with Crippen LogP contribution in [0.4, 0.5) is 0 Å². The molecule has 0 N–H and O–H groups in total. The van der Waals surface area contributed by atoms with E-state index in [9.17, 15) is 9.59 Å². The van der Waals surface area contributed by atoms with E-state index >= 15 is 0 Å². The molecule has 3 nitrogen and oxygen atoms in total. The molecule has 0 aliphatic carbocycles. The van der Waals surface area contributed by atoms with Gasteiger partial charge in [0.25, 0.3) is 0 Å². The number of benzene rings is 1. The fourth-order valence-electron chi connectivity index (χ4n) is 2.23. The van der Waals surface area contributed by atoms with Gasteiger partial charge in [-0.05, 0) is 22.6 Å². The lowest BCUT2D eigenvalue weighted by Gasteiger charge is -2.25. The normalized spacial score (nSPS) is 17.5. The molecule has 1 fully saturated rings. The van der Waals surface area contributed by atoms with Gasteiger partial charge in [-0.15, -0.1) is 0 Å². The monoisotopic (exact) mass is 324 g/mol. The van der Waals surface area contributed by atoms with Crippen LogP contribution in [0.15, 0.2) is 22.7 Å². The lowest BCUT2D eigenvalue weighted by atomic mass is 9.83. The maximum absolute atomic E-state index is 11.4. The number of cyclic esters (lactones) is 2. The molecule has 0 atom stereocenters. The molecule has 0 amide bonds. The number of ether oxygens (including phenoxy) is 1. The minimum atomic E-state index is -0.436. The van der Waals surface area contributed by atoms with Gasteiger partial charge in [-0.1, -0.05) is 48.8 Å². The average molecular weight is 325 g/mol. The highest BCUT2D eigenvalue weighted by Gasteiger charge is 2.30. The third kappa shape index (κ3) is 3.24. The first kappa shape index (κ1) is 14.3. The minimum Gasteiger partial charge on any atom is -0.393 e. The first-order chi connectivity index (χ1) is 8.77. The number of rotatable bonds is 1. The zero-order chi connectivity index (χ0) is 14.2. The summed E-state index contributed by atoms with van der Waals surface area (Å²) in [4.78, 5) is 22.8. The topological polar surface area (TPSA) is 43.4 Å². The first-order valence-electron chi connectivity index (χ1n) is 6.31. The lowest BCUT2D eigenvalue weighted by Crippen LogP contribution is -2.24. The molecule has 102 valence electrons. The van der Waals surface area contributed by atoms with E-state index in [4.69, 9.17) is 0 Å². The molecule has 2 rings (SSSR count). The fraction of sp³-hybridized carbons (Fsp3) is 0.467. The van der Waals surface area contributed by atoms with E-state index in [0.29, 0.717) is 0 Å². The lowest BCUT2D eigenvalue weighted by molar-refractivity contribution is -0.163. The predicted molar refractivity (Wildman–Crippen MR) is 75.9 cm³/mol. The molecule has 0 unspecified atom stereocenters. The number of carbonyl (C=O) groups is 2. The van der Waals surface area contributed by atoms with Crippen molar-refractivity contribution in [3.63, 3.8) is 0 Å². The summed E-state index contributed by atoms with van der Waals surface area (Å²) in [7, 11) is 0. The summed E-state index contributed by atoms with van der Waals surface area (Å²) in [5.74, 6) is -0.964. The Kier molecular flexibility index (Phi) is 3.81. The molecule has 1 aromatic carbocycles. The average Bonchev–Trinajstić information content (AvgIpc) is 2.26. The van der Waals surface area contributed by atoms with Gasteiger partial charge >= 0.3 is 11.9 Å². The predicted octanol–water partition coefficient (Wildman–Crippen LogP) is 3.69. The van der Waals surface area contributed by atoms with Crippen LogP contribution in [0.3, 0.4) is 0 Å². The SMILES string of the molecule is CC(C)(C)c1ccc(Br)c(C2CC(=O)OC(=O)C2)c1. The second kappa shape index (κ2) is 5.08. The number of carbonyl (C=O) groups excluding carboxylic acids is 2. The Labute approximate surface area is 121 Å². The summed E-state index contributed by atoms with van der Waals surface area (Å²) in [6, 6.07) is 6.14. The standard InChI is InChI=1S/C15H17BrO3/c1-15(2,3)10-4-5-12(16)11(8-10)9-6-13(17)19-14(18)7-9/h4-5,8-9H,6-7H2,1-3H3. The van der Waals surface area contributed by atoms with Gasteiger partial charge in [-0.25, -0.2) is 0 Å². The zero-order valence-corrected chi connectivity index (χ0v) is 12.9. The fourth-order valence-corrected chi connectivity index (χ4v) is 2.80. The molecule has 0 aromatic heterocycles. The number of hydrogen-bond donors (Lipinski definition) is 0. The van der Waals surface area contributed by atoms with E-state index < -0.39 is 11.9 Å². The third-order valence-electron chi connectivity index (χ3n) is 3.36. The minimum absolute atomic E-state index is 0.0363. The highest BCUT2D eigenvalue weighted by molar-refractivity contribution is 9.10. The second-order valence-electron chi connectivity index (χ2n) is 5.94. The summed E-state index contributed by atoms with van der Waals surface area (Å²) in [5, 5.41) is 0. The van der Waals surface area contributed by atoms with Crippen molar-refractivity contribution in [2.45, 2.75) is 44.9 Å². The Morgan fingerprint density at radius 1 is 1.16 bits per heavy atom. The smallest absolute Gasteiger partial charge is 0.314 e. The summed E-state index contributed by atoms with van der Waals surface area (Å²) >= 11 is 3.51. The van der Waals surface area contributed by atoms with Crippen molar-refractivity contribution in [3.8, 4) is 0 Å². The molecule has 0 bridgehead atoms. The van der Waals surface area contributed by atoms with Gasteiger partial charge in [0.15, 0.2) is 0 Å². The van der Waals surface area contributed by atoms with Gasteiger partial charge in [-0.3, -0.25) is 9.59 Å². The van der Waals surface area contributed by atoms with Crippen LogP contribution in [0.2, 0.25) is 0 Å². The van der Waals surface area contributed by atoms with Gasteiger partial charge in [0, 0.05) is 10.4 Å². The van der Waals surface area contributed by atoms with Gasteiger partial charge in [0.05, 0.1) is 12.8 Å². The first-order valence-corrected chi connectivity index (χ1v) is 7.10. The van der Waals surface area contributed by atoms with Gasteiger partial charge < -0.3 is 4.74 Å². The van der Waals surface area contributed by atoms with E-state index in [1.54, 1.807) is 0 Å². The number of halogens is 1. The Balaban J connectivity index is 2.38. The van der Waals surface area contributed by atoms with Crippen molar-refractivity contribution in [2.24, 2.45) is 0 Å². The van der Waals surface area contributed by atoms with E-state index in [1.165, 1.54) is 5.56 Å². The van der Waals surface area contributed by atoms with Crippen molar-refractivity contribution in [1.29, 1.82) is 0 Å². The molecule has 1 aromatic rings. The molecule has 19 heavy (non-hydrogen) atoms. The maximum Gasteiger partial charge on any atom is 0.314 e. The molecule has 0 spiro atoms. The van der Waals surface area contributed by atoms with E-state index in [0.717, 1.165) is 10.0 Å². The van der Waals surface area contributed by atoms with Crippen molar-refractivity contribution in [1.82, 2.24) is 0 Å². The molecule has 1 heterocycles. The molecular weight excluding hydrogens is 308 g/mol. The van der Waals surface area contributed by atoms with Crippen molar-refractivity contribution in [2.75, 3.05) is 0 Å². The zero-order valence-electron chi connectivity index (χ0n) is 11.3. The van der Waals surface area contributed by atoms with Crippen molar-refractivity contribution >= 4 is 27.9 Å². The quantitative estimate of drug-likeness (QED) is 0.584. The Hall–Kier alpha value is -1.16. The van der Waals surface area contributed by atoms with Gasteiger partial charge in [-0.2, -0.15) is 0 Å². The van der Waals surface area contributed by atoms with E-state index in [-0.39, 0.29) is 24.2 Å². The Bertz CT molecular complexity index is 513. The third-order valence-corrected chi connectivity index (χ3v) is 4.08. The summed E-state index contributed by atoms with van der Waals surface area (Å²) in [6.07, 6.45) is 0.524. The number of esters is 2. The second-order valence-corrected chi connectivity index (χ2v) is 6.79. The molecule has 4 heteroatoms. The van der Waals surface area contributed by atoms with Crippen LogP contribution in [0.25, 0.3) is 0 Å². The van der Waals surface area contributed by atoms with Gasteiger partial charge in [0.1, 0.15) is 0 Å². The van der Waals surface area contributed by atoms with E-state index in [2.05, 4.69) is 53.6 Å². The van der Waals surface area contributed by atoms with Crippen LogP contribution in [0, 0.1) is 0 Å². The molecule has 1 saturated heterocycles. The van der Waals surface area contributed by atoms with Crippen LogP contribution in [-0.4, -0.2) is 11.9 Å². The van der Waals surface area contributed by atoms with Crippen molar-refractivity contribution in [3.05, 3.63) is 33.8 Å². The molecule has 1 aliphatic heterocycles. The number of hydrogen-bond acceptors (Lipinski definition) is 3. The molecular formula is C15H17BrO3. The van der Waals surface area contributed by atoms with Crippen LogP contribution < -0.4 is 0 Å². The highest BCUT2D eigenvalue weighted by atomic mass is 79.9. The Morgan fingerprint density at radius 2 is 1.74 bits per heavy atom. The molecule has 1 aliphatic rings. The van der Waals surface area contributed by atoms with Crippen LogP contribution in [-0.2, 0) is 19.7 Å². The molecule has 0 radical (unpaired) electrons. The Morgan fingerprint density at radius 3 is 2.26 bits per heavy atom. The largest absolute Gasteiger partial charge is 0.393 e. The molecule has 0 saturated carbocycles. The van der Waals surface area contributed by atoms with Crippen molar-refractivity contribution < 1.29 is 14.3 Å². The van der Waals surface area contributed by atoms with Crippen LogP contribution in [0.1, 0.15) is 50.7 Å². The summed E-state index contributed by atoms with van der Waals surface area (Å²) in [6.45, 7) is 6.42. The van der Waals surface area contributed by atoms with Gasteiger partial charge in [0.2, 0.25) is 0 Å². The maximum atomic E-state index is 11.4.